The third-order valence-corrected chi connectivity index (χ3v) is 4.79. The van der Waals surface area contributed by atoms with Crippen LogP contribution in [0.1, 0.15) is 52.0 Å². The molecule has 1 aliphatic rings. The van der Waals surface area contributed by atoms with Crippen molar-refractivity contribution in [3.8, 4) is 0 Å². The average molecular weight is 288 g/mol. The minimum Gasteiger partial charge on any atom is -0.371 e. The highest BCUT2D eigenvalue weighted by Gasteiger charge is 2.24. The summed E-state index contributed by atoms with van der Waals surface area (Å²) in [5.41, 5.74) is 2.74. The number of anilines is 1. The summed E-state index contributed by atoms with van der Waals surface area (Å²) in [5.74, 6) is 1.53. The molecular formula is C19H32N2. The topological polar surface area (TPSA) is 15.3 Å². The normalized spacial score (nSPS) is 22.5. The summed E-state index contributed by atoms with van der Waals surface area (Å²) >= 11 is 0. The van der Waals surface area contributed by atoms with Gasteiger partial charge >= 0.3 is 0 Å². The van der Waals surface area contributed by atoms with Crippen LogP contribution in [0.15, 0.2) is 24.3 Å². The van der Waals surface area contributed by atoms with Gasteiger partial charge in [-0.25, -0.2) is 0 Å². The first kappa shape index (κ1) is 16.4. The Kier molecular flexibility index (Phi) is 6.10. The van der Waals surface area contributed by atoms with E-state index in [9.17, 15) is 0 Å². The first-order valence-corrected chi connectivity index (χ1v) is 8.60. The highest BCUT2D eigenvalue weighted by atomic mass is 15.1. The van der Waals surface area contributed by atoms with E-state index in [1.807, 2.05) is 0 Å². The van der Waals surface area contributed by atoms with Crippen LogP contribution in [0.25, 0.3) is 0 Å². The first-order chi connectivity index (χ1) is 10.1. The maximum atomic E-state index is 3.51. The highest BCUT2D eigenvalue weighted by Crippen LogP contribution is 2.30. The summed E-state index contributed by atoms with van der Waals surface area (Å²) < 4.78 is 0. The van der Waals surface area contributed by atoms with Crippen LogP contribution in [0.2, 0.25) is 0 Å². The fourth-order valence-corrected chi connectivity index (χ4v) is 3.42. The molecule has 0 aromatic heterocycles. The number of nitrogens with one attached hydrogen (secondary N) is 1. The van der Waals surface area contributed by atoms with Gasteiger partial charge in [0.15, 0.2) is 0 Å². The van der Waals surface area contributed by atoms with Gasteiger partial charge in [0, 0.05) is 25.3 Å². The molecule has 1 N–H and O–H groups in total. The Morgan fingerprint density at radius 3 is 2.43 bits per heavy atom. The molecule has 0 amide bonds. The summed E-state index contributed by atoms with van der Waals surface area (Å²) in [6.07, 6.45) is 5.52. The van der Waals surface area contributed by atoms with E-state index in [1.54, 1.807) is 0 Å². The van der Waals surface area contributed by atoms with E-state index in [4.69, 9.17) is 0 Å². The number of hydrogen-bond acceptors (Lipinski definition) is 2. The molecule has 1 saturated carbocycles. The van der Waals surface area contributed by atoms with E-state index in [-0.39, 0.29) is 0 Å². The molecular weight excluding hydrogens is 256 g/mol. The van der Waals surface area contributed by atoms with Crippen LogP contribution in [0.5, 0.6) is 0 Å². The first-order valence-electron chi connectivity index (χ1n) is 8.60. The van der Waals surface area contributed by atoms with Gasteiger partial charge < -0.3 is 10.2 Å². The smallest absolute Gasteiger partial charge is 0.0366 e. The lowest BCUT2D eigenvalue weighted by Crippen LogP contribution is -2.38. The van der Waals surface area contributed by atoms with Gasteiger partial charge in [-0.15, -0.1) is 0 Å². The van der Waals surface area contributed by atoms with Gasteiger partial charge in [0.2, 0.25) is 0 Å². The molecule has 21 heavy (non-hydrogen) atoms. The molecule has 0 saturated heterocycles. The molecule has 2 unspecified atom stereocenters. The van der Waals surface area contributed by atoms with Gasteiger partial charge in [-0.05, 0) is 48.9 Å². The molecule has 1 aromatic rings. The lowest BCUT2D eigenvalue weighted by atomic mass is 9.85. The molecule has 118 valence electrons. The van der Waals surface area contributed by atoms with E-state index in [0.717, 1.165) is 19.0 Å². The zero-order chi connectivity index (χ0) is 15.2. The Hall–Kier alpha value is -1.02. The zero-order valence-corrected chi connectivity index (χ0v) is 14.2. The average Bonchev–Trinajstić information content (AvgIpc) is 2.47. The van der Waals surface area contributed by atoms with Crippen molar-refractivity contribution in [3.05, 3.63) is 29.8 Å². The van der Waals surface area contributed by atoms with E-state index in [2.05, 4.69) is 62.3 Å². The molecule has 0 bridgehead atoms. The number of hydrogen-bond donors (Lipinski definition) is 1. The third kappa shape index (κ3) is 4.74. The van der Waals surface area contributed by atoms with Gasteiger partial charge in [-0.2, -0.15) is 0 Å². The summed E-state index contributed by atoms with van der Waals surface area (Å²) in [6.45, 7) is 8.96. The van der Waals surface area contributed by atoms with Crippen molar-refractivity contribution in [2.24, 2.45) is 11.8 Å². The number of benzene rings is 1. The Morgan fingerprint density at radius 2 is 1.81 bits per heavy atom. The molecule has 2 nitrogen and oxygen atoms in total. The van der Waals surface area contributed by atoms with E-state index < -0.39 is 0 Å². The van der Waals surface area contributed by atoms with E-state index in [1.165, 1.54) is 36.9 Å². The van der Waals surface area contributed by atoms with Crippen molar-refractivity contribution in [3.63, 3.8) is 0 Å². The Labute approximate surface area is 130 Å². The maximum Gasteiger partial charge on any atom is 0.0366 e. The molecule has 2 atom stereocenters. The minimum atomic E-state index is 0.711. The minimum absolute atomic E-state index is 0.711. The zero-order valence-electron chi connectivity index (χ0n) is 14.2. The molecule has 0 spiro atoms. The second-order valence-corrected chi connectivity index (χ2v) is 7.13. The van der Waals surface area contributed by atoms with Crippen molar-refractivity contribution in [2.75, 3.05) is 18.5 Å². The van der Waals surface area contributed by atoms with Crippen LogP contribution in [0, 0.1) is 11.8 Å². The van der Waals surface area contributed by atoms with Crippen LogP contribution in [0.3, 0.4) is 0 Å². The van der Waals surface area contributed by atoms with Gasteiger partial charge in [-0.1, -0.05) is 45.7 Å². The van der Waals surface area contributed by atoms with Crippen molar-refractivity contribution >= 4 is 5.69 Å². The van der Waals surface area contributed by atoms with Gasteiger partial charge in [0.25, 0.3) is 0 Å². The predicted molar refractivity (Wildman–Crippen MR) is 92.8 cm³/mol. The van der Waals surface area contributed by atoms with Crippen molar-refractivity contribution in [2.45, 2.75) is 59.0 Å². The van der Waals surface area contributed by atoms with Crippen molar-refractivity contribution < 1.29 is 0 Å². The second-order valence-electron chi connectivity index (χ2n) is 7.13. The SMILES string of the molecule is CC(C)CNCc1ccc(N(C)C2CCCCC2C)cc1. The Morgan fingerprint density at radius 1 is 1.14 bits per heavy atom. The molecule has 1 aliphatic carbocycles. The fourth-order valence-electron chi connectivity index (χ4n) is 3.42. The molecule has 1 fully saturated rings. The Bertz CT molecular complexity index is 410. The fraction of sp³-hybridized carbons (Fsp3) is 0.684. The van der Waals surface area contributed by atoms with Gasteiger partial charge in [-0.3, -0.25) is 0 Å². The predicted octanol–water partition coefficient (Wildman–Crippen LogP) is 4.45. The summed E-state index contributed by atoms with van der Waals surface area (Å²) in [7, 11) is 2.26. The summed E-state index contributed by atoms with van der Waals surface area (Å²) in [4.78, 5) is 2.50. The van der Waals surface area contributed by atoms with Crippen LogP contribution in [0.4, 0.5) is 5.69 Å². The monoisotopic (exact) mass is 288 g/mol. The van der Waals surface area contributed by atoms with Gasteiger partial charge in [0.1, 0.15) is 0 Å². The van der Waals surface area contributed by atoms with Crippen LogP contribution < -0.4 is 10.2 Å². The van der Waals surface area contributed by atoms with Crippen molar-refractivity contribution in [1.29, 1.82) is 0 Å². The summed E-state index contributed by atoms with van der Waals surface area (Å²) in [6, 6.07) is 9.82. The van der Waals surface area contributed by atoms with E-state index >= 15 is 0 Å². The number of nitrogens with zero attached hydrogens (tertiary/aromatic N) is 1. The Balaban J connectivity index is 1.91. The molecule has 0 radical (unpaired) electrons. The molecule has 0 aliphatic heterocycles. The third-order valence-electron chi connectivity index (χ3n) is 4.79. The highest BCUT2D eigenvalue weighted by molar-refractivity contribution is 5.48. The quantitative estimate of drug-likeness (QED) is 0.832. The summed E-state index contributed by atoms with van der Waals surface area (Å²) in [5, 5.41) is 3.51. The lowest BCUT2D eigenvalue weighted by molar-refractivity contribution is 0.321. The maximum absolute atomic E-state index is 3.51. The van der Waals surface area contributed by atoms with Crippen LogP contribution >= 0.6 is 0 Å². The molecule has 2 rings (SSSR count). The molecule has 2 heteroatoms. The standard InChI is InChI=1S/C19H32N2/c1-15(2)13-20-14-17-9-11-18(12-10-17)21(4)19-8-6-5-7-16(19)3/h9-12,15-16,19-20H,5-8,13-14H2,1-4H3. The van der Waals surface area contributed by atoms with Crippen LogP contribution in [-0.2, 0) is 6.54 Å². The molecule has 1 aromatic carbocycles. The van der Waals surface area contributed by atoms with Crippen molar-refractivity contribution in [1.82, 2.24) is 5.32 Å². The second kappa shape index (κ2) is 7.84. The molecule has 0 heterocycles. The van der Waals surface area contributed by atoms with E-state index in [0.29, 0.717) is 12.0 Å². The lowest BCUT2D eigenvalue weighted by Gasteiger charge is -2.37. The largest absolute Gasteiger partial charge is 0.371 e. The number of rotatable bonds is 6. The van der Waals surface area contributed by atoms with Crippen LogP contribution in [-0.4, -0.2) is 19.6 Å². The van der Waals surface area contributed by atoms with Gasteiger partial charge in [0.05, 0.1) is 0 Å².